The molecule has 47 heavy (non-hydrogen) atoms. The lowest BCUT2D eigenvalue weighted by molar-refractivity contribution is 0.572. The smallest absolute Gasteiger partial charge is 0.344 e. The van der Waals surface area contributed by atoms with Gasteiger partial charge in [-0.15, -0.1) is 0 Å². The van der Waals surface area contributed by atoms with E-state index in [1.165, 1.54) is 0 Å². The highest BCUT2D eigenvalue weighted by molar-refractivity contribution is 6.20. The van der Waals surface area contributed by atoms with E-state index in [4.69, 9.17) is 4.42 Å². The summed E-state index contributed by atoms with van der Waals surface area (Å²) in [5.41, 5.74) is 8.79. The standard InChI is InChI=1S/C43H28N2O2/c46-43-39-17-8-7-15-35(39)38-28-27-37-36-16-9-10-18-40(36)45(41(37)42(38)47-43)34-25-21-30(22-26-34)29-19-23-33(24-20-29)44(31-11-3-1-4-12-31)32-13-5-2-6-14-32/h1-28H. The molecule has 0 N–H and O–H groups in total. The Labute approximate surface area is 271 Å². The quantitative estimate of drug-likeness (QED) is 0.145. The average Bonchev–Trinajstić information content (AvgIpc) is 3.48. The summed E-state index contributed by atoms with van der Waals surface area (Å²) in [5.74, 6) is 0. The van der Waals surface area contributed by atoms with E-state index >= 15 is 0 Å². The summed E-state index contributed by atoms with van der Waals surface area (Å²) in [6.45, 7) is 0. The predicted octanol–water partition coefficient (Wildman–Crippen LogP) is 11.2. The maximum Gasteiger partial charge on any atom is 0.344 e. The van der Waals surface area contributed by atoms with Gasteiger partial charge in [-0.25, -0.2) is 4.79 Å². The normalized spacial score (nSPS) is 11.5. The van der Waals surface area contributed by atoms with E-state index in [9.17, 15) is 4.79 Å². The molecular weight excluding hydrogens is 576 g/mol. The Morgan fingerprint density at radius 2 is 0.936 bits per heavy atom. The molecule has 0 amide bonds. The van der Waals surface area contributed by atoms with Crippen molar-refractivity contribution in [2.24, 2.45) is 0 Å². The molecule has 0 aliphatic rings. The lowest BCUT2D eigenvalue weighted by atomic mass is 10.0. The zero-order chi connectivity index (χ0) is 31.3. The molecular formula is C43H28N2O2. The minimum Gasteiger partial charge on any atom is -0.420 e. The van der Waals surface area contributed by atoms with Crippen molar-refractivity contribution in [3.63, 3.8) is 0 Å². The molecule has 0 unspecified atom stereocenters. The van der Waals surface area contributed by atoms with Crippen molar-refractivity contribution in [3.05, 3.63) is 180 Å². The van der Waals surface area contributed by atoms with Gasteiger partial charge in [0.25, 0.3) is 0 Å². The van der Waals surface area contributed by atoms with Gasteiger partial charge < -0.3 is 13.9 Å². The minimum atomic E-state index is -0.325. The van der Waals surface area contributed by atoms with Crippen LogP contribution >= 0.6 is 0 Å². The minimum absolute atomic E-state index is 0.325. The van der Waals surface area contributed by atoms with Crippen molar-refractivity contribution in [2.45, 2.75) is 0 Å². The van der Waals surface area contributed by atoms with Gasteiger partial charge in [-0.3, -0.25) is 0 Å². The number of para-hydroxylation sites is 3. The largest absolute Gasteiger partial charge is 0.420 e. The molecule has 0 aliphatic carbocycles. The first kappa shape index (κ1) is 27.0. The molecule has 9 rings (SSSR count). The Morgan fingerprint density at radius 3 is 1.60 bits per heavy atom. The molecule has 0 fully saturated rings. The second-order valence-electron chi connectivity index (χ2n) is 11.7. The molecule has 4 nitrogen and oxygen atoms in total. The summed E-state index contributed by atoms with van der Waals surface area (Å²) < 4.78 is 8.30. The topological polar surface area (TPSA) is 38.4 Å². The SMILES string of the molecule is O=c1oc2c(ccc3c4ccccc4n(-c4ccc(-c5ccc(N(c6ccccc6)c6ccccc6)cc5)cc4)c32)c2ccccc12. The van der Waals surface area contributed by atoms with Crippen LogP contribution in [0.2, 0.25) is 0 Å². The molecule has 0 spiro atoms. The van der Waals surface area contributed by atoms with Gasteiger partial charge in [0.05, 0.1) is 16.4 Å². The van der Waals surface area contributed by atoms with Crippen LogP contribution in [0.15, 0.2) is 179 Å². The highest BCUT2D eigenvalue weighted by atomic mass is 16.4. The Kier molecular flexibility index (Phi) is 6.25. The van der Waals surface area contributed by atoms with Crippen molar-refractivity contribution in [2.75, 3.05) is 4.90 Å². The molecule has 0 radical (unpaired) electrons. The van der Waals surface area contributed by atoms with Crippen molar-refractivity contribution in [1.82, 2.24) is 4.57 Å². The molecule has 7 aromatic carbocycles. The second kappa shape index (κ2) is 10.9. The number of rotatable bonds is 5. The monoisotopic (exact) mass is 604 g/mol. The average molecular weight is 605 g/mol. The molecule has 0 aliphatic heterocycles. The molecule has 4 heteroatoms. The Morgan fingerprint density at radius 1 is 0.426 bits per heavy atom. The highest BCUT2D eigenvalue weighted by Crippen LogP contribution is 2.39. The summed E-state index contributed by atoms with van der Waals surface area (Å²) in [7, 11) is 0. The van der Waals surface area contributed by atoms with Crippen LogP contribution < -0.4 is 10.5 Å². The predicted molar refractivity (Wildman–Crippen MR) is 194 cm³/mol. The number of benzene rings is 7. The molecule has 0 saturated heterocycles. The molecule has 222 valence electrons. The molecule has 2 heterocycles. The fourth-order valence-electron chi connectivity index (χ4n) is 6.86. The van der Waals surface area contributed by atoms with Gasteiger partial charge in [0, 0.05) is 38.9 Å². The van der Waals surface area contributed by atoms with Gasteiger partial charge in [0.15, 0.2) is 5.58 Å². The first-order valence-corrected chi connectivity index (χ1v) is 15.7. The van der Waals surface area contributed by atoms with Crippen LogP contribution in [0, 0.1) is 0 Å². The van der Waals surface area contributed by atoms with Crippen LogP contribution in [0.5, 0.6) is 0 Å². The fraction of sp³-hybridized carbons (Fsp3) is 0. The molecule has 0 atom stereocenters. The third-order valence-electron chi connectivity index (χ3n) is 9.04. The third-order valence-corrected chi connectivity index (χ3v) is 9.04. The van der Waals surface area contributed by atoms with E-state index in [0.717, 1.165) is 66.5 Å². The number of fused-ring (bicyclic) bond motifs is 7. The summed E-state index contributed by atoms with van der Waals surface area (Å²) >= 11 is 0. The van der Waals surface area contributed by atoms with Gasteiger partial charge in [-0.05, 0) is 83.2 Å². The van der Waals surface area contributed by atoms with Crippen LogP contribution in [0.1, 0.15) is 0 Å². The third kappa shape index (κ3) is 4.42. The van der Waals surface area contributed by atoms with Crippen molar-refractivity contribution in [3.8, 4) is 16.8 Å². The summed E-state index contributed by atoms with van der Waals surface area (Å²) in [4.78, 5) is 15.4. The Balaban J connectivity index is 1.15. The number of anilines is 3. The van der Waals surface area contributed by atoms with Crippen LogP contribution in [0.4, 0.5) is 17.1 Å². The number of nitrogens with zero attached hydrogens (tertiary/aromatic N) is 2. The maximum atomic E-state index is 13.1. The summed E-state index contributed by atoms with van der Waals surface area (Å²) in [6, 6.07) is 58.4. The molecule has 9 aromatic rings. The lowest BCUT2D eigenvalue weighted by Crippen LogP contribution is -2.09. The fourth-order valence-corrected chi connectivity index (χ4v) is 6.86. The summed E-state index contributed by atoms with van der Waals surface area (Å²) in [5, 5.41) is 4.57. The van der Waals surface area contributed by atoms with E-state index in [1.54, 1.807) is 0 Å². The van der Waals surface area contributed by atoms with E-state index in [1.807, 2.05) is 36.4 Å². The van der Waals surface area contributed by atoms with E-state index in [-0.39, 0.29) is 5.63 Å². The summed E-state index contributed by atoms with van der Waals surface area (Å²) in [6.07, 6.45) is 0. The zero-order valence-electron chi connectivity index (χ0n) is 25.4. The maximum absolute atomic E-state index is 13.1. The Hall–Kier alpha value is -6.39. The number of aromatic nitrogens is 1. The lowest BCUT2D eigenvalue weighted by Gasteiger charge is -2.25. The van der Waals surface area contributed by atoms with E-state index in [0.29, 0.717) is 11.0 Å². The molecule has 0 saturated carbocycles. The Bertz CT molecular complexity index is 2580. The van der Waals surface area contributed by atoms with Crippen LogP contribution in [0.25, 0.3) is 60.4 Å². The zero-order valence-corrected chi connectivity index (χ0v) is 25.4. The van der Waals surface area contributed by atoms with Gasteiger partial charge in [0.1, 0.15) is 0 Å². The number of hydrogen-bond acceptors (Lipinski definition) is 3. The van der Waals surface area contributed by atoms with E-state index in [2.05, 4.69) is 143 Å². The van der Waals surface area contributed by atoms with Gasteiger partial charge in [-0.1, -0.05) is 103 Å². The number of hydrogen-bond donors (Lipinski definition) is 0. The van der Waals surface area contributed by atoms with Crippen LogP contribution in [-0.2, 0) is 0 Å². The van der Waals surface area contributed by atoms with Crippen LogP contribution in [-0.4, -0.2) is 4.57 Å². The van der Waals surface area contributed by atoms with Crippen molar-refractivity contribution >= 4 is 60.6 Å². The van der Waals surface area contributed by atoms with Crippen LogP contribution in [0.3, 0.4) is 0 Å². The highest BCUT2D eigenvalue weighted by Gasteiger charge is 2.19. The first-order valence-electron chi connectivity index (χ1n) is 15.7. The molecule has 2 aromatic heterocycles. The van der Waals surface area contributed by atoms with Gasteiger partial charge >= 0.3 is 5.63 Å². The van der Waals surface area contributed by atoms with Crippen molar-refractivity contribution < 1.29 is 4.42 Å². The second-order valence-corrected chi connectivity index (χ2v) is 11.7. The first-order chi connectivity index (χ1) is 23.2. The van der Waals surface area contributed by atoms with E-state index < -0.39 is 0 Å². The van der Waals surface area contributed by atoms with Crippen molar-refractivity contribution in [1.29, 1.82) is 0 Å². The van der Waals surface area contributed by atoms with Gasteiger partial charge in [0.2, 0.25) is 0 Å². The molecule has 0 bridgehead atoms. The van der Waals surface area contributed by atoms with Gasteiger partial charge in [-0.2, -0.15) is 0 Å².